The van der Waals surface area contributed by atoms with E-state index >= 15 is 0 Å². The Morgan fingerprint density at radius 1 is 1.36 bits per heavy atom. The third-order valence-corrected chi connectivity index (χ3v) is 1.20. The van der Waals surface area contributed by atoms with Crippen LogP contribution in [0, 0.1) is 0 Å². The first-order valence-corrected chi connectivity index (χ1v) is 4.01. The molecular formula is C7H13F3N2O2. The summed E-state index contributed by atoms with van der Waals surface area (Å²) < 4.78 is 38.8. The van der Waals surface area contributed by atoms with Gasteiger partial charge in [0.2, 0.25) is 5.91 Å². The lowest BCUT2D eigenvalue weighted by Crippen LogP contribution is -2.34. The van der Waals surface area contributed by atoms with Crippen molar-refractivity contribution in [3.8, 4) is 0 Å². The van der Waals surface area contributed by atoms with Crippen molar-refractivity contribution < 1.29 is 22.7 Å². The fraction of sp³-hybridized carbons (Fsp3) is 0.857. The summed E-state index contributed by atoms with van der Waals surface area (Å²) in [7, 11) is 1.70. The highest BCUT2D eigenvalue weighted by atomic mass is 19.4. The highest BCUT2D eigenvalue weighted by Gasteiger charge is 2.27. The zero-order valence-corrected chi connectivity index (χ0v) is 7.78. The van der Waals surface area contributed by atoms with Gasteiger partial charge >= 0.3 is 6.18 Å². The summed E-state index contributed by atoms with van der Waals surface area (Å²) in [5.74, 6) is -0.551. The number of halogens is 3. The SMILES string of the molecule is CNCCNC(=O)COCC(F)(F)F. The molecule has 2 N–H and O–H groups in total. The van der Waals surface area contributed by atoms with E-state index in [0.717, 1.165) is 0 Å². The van der Waals surface area contributed by atoms with E-state index in [1.807, 2.05) is 0 Å². The summed E-state index contributed by atoms with van der Waals surface area (Å²) in [5, 5.41) is 5.14. The van der Waals surface area contributed by atoms with Crippen LogP contribution in [0.5, 0.6) is 0 Å². The minimum absolute atomic E-state index is 0.366. The van der Waals surface area contributed by atoms with Crippen molar-refractivity contribution in [2.45, 2.75) is 6.18 Å². The van der Waals surface area contributed by atoms with Crippen molar-refractivity contribution in [1.29, 1.82) is 0 Å². The molecule has 0 aromatic rings. The fourth-order valence-corrected chi connectivity index (χ4v) is 0.637. The van der Waals surface area contributed by atoms with Crippen LogP contribution >= 0.6 is 0 Å². The third-order valence-electron chi connectivity index (χ3n) is 1.20. The predicted molar refractivity (Wildman–Crippen MR) is 43.8 cm³/mol. The predicted octanol–water partition coefficient (Wildman–Crippen LogP) is -0.0991. The maximum Gasteiger partial charge on any atom is 0.411 e. The summed E-state index contributed by atoms with van der Waals surface area (Å²) in [4.78, 5) is 10.8. The second kappa shape index (κ2) is 6.61. The summed E-state index contributed by atoms with van der Waals surface area (Å²) >= 11 is 0. The highest BCUT2D eigenvalue weighted by Crippen LogP contribution is 2.13. The number of hydrogen-bond acceptors (Lipinski definition) is 3. The maximum absolute atomic E-state index is 11.5. The molecule has 0 saturated heterocycles. The largest absolute Gasteiger partial charge is 0.411 e. The normalized spacial score (nSPS) is 11.4. The van der Waals surface area contributed by atoms with Crippen molar-refractivity contribution in [1.82, 2.24) is 10.6 Å². The average molecular weight is 214 g/mol. The monoisotopic (exact) mass is 214 g/mol. The van der Waals surface area contributed by atoms with E-state index in [0.29, 0.717) is 13.1 Å². The number of nitrogens with one attached hydrogen (secondary N) is 2. The van der Waals surface area contributed by atoms with E-state index in [4.69, 9.17) is 0 Å². The number of amides is 1. The van der Waals surface area contributed by atoms with Gasteiger partial charge in [-0.3, -0.25) is 4.79 Å². The van der Waals surface area contributed by atoms with Crippen LogP contribution in [-0.2, 0) is 9.53 Å². The zero-order chi connectivity index (χ0) is 11.0. The van der Waals surface area contributed by atoms with Crippen molar-refractivity contribution in [2.75, 3.05) is 33.4 Å². The second-order valence-corrected chi connectivity index (χ2v) is 2.56. The number of rotatable bonds is 6. The first kappa shape index (κ1) is 13.2. The molecule has 0 aromatic carbocycles. The lowest BCUT2D eigenvalue weighted by Gasteiger charge is -2.07. The number of carbonyl (C=O) groups is 1. The molecule has 0 aliphatic carbocycles. The van der Waals surface area contributed by atoms with Crippen LogP contribution < -0.4 is 10.6 Å². The summed E-state index contributed by atoms with van der Waals surface area (Å²) in [6.45, 7) is -1.04. The molecule has 1 amide bonds. The van der Waals surface area contributed by atoms with Gasteiger partial charge in [-0.05, 0) is 7.05 Å². The van der Waals surface area contributed by atoms with Crippen molar-refractivity contribution in [3.05, 3.63) is 0 Å². The van der Waals surface area contributed by atoms with Crippen LogP contribution in [0.25, 0.3) is 0 Å². The quantitative estimate of drug-likeness (QED) is 0.607. The number of hydrogen-bond donors (Lipinski definition) is 2. The summed E-state index contributed by atoms with van der Waals surface area (Å²) in [6.07, 6.45) is -4.38. The molecule has 0 spiro atoms. The smallest absolute Gasteiger partial charge is 0.362 e. The Labute approximate surface area is 79.8 Å². The van der Waals surface area contributed by atoms with Crippen molar-refractivity contribution in [3.63, 3.8) is 0 Å². The Bertz CT molecular complexity index is 173. The molecule has 0 fully saturated rings. The van der Waals surface area contributed by atoms with Crippen LogP contribution in [-0.4, -0.2) is 45.4 Å². The standard InChI is InChI=1S/C7H13F3N2O2/c1-11-2-3-12-6(13)4-14-5-7(8,9)10/h11H,2-5H2,1H3,(H,12,13). The molecule has 0 bridgehead atoms. The Balaban J connectivity index is 3.36. The van der Waals surface area contributed by atoms with Gasteiger partial charge in [0.25, 0.3) is 0 Å². The minimum atomic E-state index is -4.38. The van der Waals surface area contributed by atoms with Gasteiger partial charge < -0.3 is 15.4 Å². The molecule has 0 saturated carbocycles. The van der Waals surface area contributed by atoms with E-state index in [9.17, 15) is 18.0 Å². The van der Waals surface area contributed by atoms with E-state index < -0.39 is 25.3 Å². The van der Waals surface area contributed by atoms with Gasteiger partial charge in [0, 0.05) is 13.1 Å². The molecule has 7 heteroatoms. The molecule has 0 aromatic heterocycles. The van der Waals surface area contributed by atoms with Crippen molar-refractivity contribution in [2.24, 2.45) is 0 Å². The van der Waals surface area contributed by atoms with Gasteiger partial charge in [0.05, 0.1) is 0 Å². The molecule has 0 unspecified atom stereocenters. The first-order chi connectivity index (χ1) is 6.45. The molecular weight excluding hydrogens is 201 g/mol. The van der Waals surface area contributed by atoms with Gasteiger partial charge in [-0.25, -0.2) is 0 Å². The molecule has 0 rings (SSSR count). The summed E-state index contributed by atoms with van der Waals surface area (Å²) in [5.41, 5.74) is 0. The van der Waals surface area contributed by atoms with Gasteiger partial charge in [-0.1, -0.05) is 0 Å². The molecule has 14 heavy (non-hydrogen) atoms. The molecule has 84 valence electrons. The molecule has 0 heterocycles. The molecule has 0 aliphatic rings. The number of ether oxygens (including phenoxy) is 1. The fourth-order valence-electron chi connectivity index (χ4n) is 0.637. The Kier molecular flexibility index (Phi) is 6.22. The highest BCUT2D eigenvalue weighted by molar-refractivity contribution is 5.77. The Morgan fingerprint density at radius 2 is 2.00 bits per heavy atom. The lowest BCUT2D eigenvalue weighted by molar-refractivity contribution is -0.175. The van der Waals surface area contributed by atoms with E-state index in [-0.39, 0.29) is 0 Å². The van der Waals surface area contributed by atoms with Crippen molar-refractivity contribution >= 4 is 5.91 Å². The molecule has 0 atom stereocenters. The maximum atomic E-state index is 11.5. The van der Waals surface area contributed by atoms with Gasteiger partial charge in [0.15, 0.2) is 0 Å². The number of likely N-dealkylation sites (N-methyl/N-ethyl adjacent to an activating group) is 1. The molecule has 0 aliphatic heterocycles. The van der Waals surface area contributed by atoms with Gasteiger partial charge in [0.1, 0.15) is 13.2 Å². The van der Waals surface area contributed by atoms with Crippen LogP contribution in [0.4, 0.5) is 13.2 Å². The van der Waals surface area contributed by atoms with Crippen LogP contribution in [0.15, 0.2) is 0 Å². The van der Waals surface area contributed by atoms with E-state index in [1.165, 1.54) is 0 Å². The number of carbonyl (C=O) groups excluding carboxylic acids is 1. The van der Waals surface area contributed by atoms with Crippen LogP contribution in [0.1, 0.15) is 0 Å². The summed E-state index contributed by atoms with van der Waals surface area (Å²) in [6, 6.07) is 0. The third kappa shape index (κ3) is 9.27. The van der Waals surface area contributed by atoms with Crippen LogP contribution in [0.3, 0.4) is 0 Å². The second-order valence-electron chi connectivity index (χ2n) is 2.56. The number of alkyl halides is 3. The van der Waals surface area contributed by atoms with E-state index in [2.05, 4.69) is 15.4 Å². The molecule has 4 nitrogen and oxygen atoms in total. The van der Waals surface area contributed by atoms with Crippen LogP contribution in [0.2, 0.25) is 0 Å². The lowest BCUT2D eigenvalue weighted by atomic mass is 10.5. The average Bonchev–Trinajstić information content (AvgIpc) is 2.02. The Hall–Kier alpha value is -0.820. The topological polar surface area (TPSA) is 50.4 Å². The Morgan fingerprint density at radius 3 is 2.50 bits per heavy atom. The van der Waals surface area contributed by atoms with E-state index in [1.54, 1.807) is 7.05 Å². The molecule has 0 radical (unpaired) electrons. The zero-order valence-electron chi connectivity index (χ0n) is 7.78. The van der Waals surface area contributed by atoms with Gasteiger partial charge in [-0.2, -0.15) is 13.2 Å². The first-order valence-electron chi connectivity index (χ1n) is 4.01. The van der Waals surface area contributed by atoms with Gasteiger partial charge in [-0.15, -0.1) is 0 Å². The minimum Gasteiger partial charge on any atom is -0.362 e.